The summed E-state index contributed by atoms with van der Waals surface area (Å²) in [6.45, 7) is 2.05. The average Bonchev–Trinajstić information content (AvgIpc) is 2.97. The molecule has 0 aliphatic carbocycles. The molecule has 7 nitrogen and oxygen atoms in total. The van der Waals surface area contributed by atoms with E-state index >= 15 is 0 Å². The van der Waals surface area contributed by atoms with Gasteiger partial charge in [0.15, 0.2) is 0 Å². The van der Waals surface area contributed by atoms with Gasteiger partial charge in [0.05, 0.1) is 29.6 Å². The van der Waals surface area contributed by atoms with Gasteiger partial charge in [-0.15, -0.1) is 0 Å². The highest BCUT2D eigenvalue weighted by molar-refractivity contribution is 7.93. The highest BCUT2D eigenvalue weighted by Crippen LogP contribution is 2.33. The third-order valence-corrected chi connectivity index (χ3v) is 6.98. The van der Waals surface area contributed by atoms with E-state index in [4.69, 9.17) is 4.74 Å². The van der Waals surface area contributed by atoms with E-state index in [2.05, 4.69) is 4.72 Å². The SMILES string of the molecule is COc1ccc(S(=O)(=O)Nc2ccc3c(c2)N(S(C)(=O)=O)CC3)c(C)c1. The third-order valence-electron chi connectivity index (χ3n) is 4.26. The minimum atomic E-state index is -3.81. The monoisotopic (exact) mass is 396 g/mol. The van der Waals surface area contributed by atoms with E-state index < -0.39 is 20.0 Å². The number of fused-ring (bicyclic) bond motifs is 1. The molecule has 0 spiro atoms. The van der Waals surface area contributed by atoms with E-state index in [1.165, 1.54) is 17.5 Å². The van der Waals surface area contributed by atoms with Crippen LogP contribution in [0.5, 0.6) is 5.75 Å². The summed E-state index contributed by atoms with van der Waals surface area (Å²) in [7, 11) is -5.70. The van der Waals surface area contributed by atoms with Crippen LogP contribution in [-0.4, -0.2) is 36.7 Å². The molecule has 1 heterocycles. The van der Waals surface area contributed by atoms with Gasteiger partial charge in [-0.05, 0) is 54.8 Å². The lowest BCUT2D eigenvalue weighted by molar-refractivity contribution is 0.414. The number of hydrogen-bond acceptors (Lipinski definition) is 5. The molecule has 0 saturated heterocycles. The van der Waals surface area contributed by atoms with E-state index in [0.717, 1.165) is 11.8 Å². The first-order chi connectivity index (χ1) is 12.1. The Morgan fingerprint density at radius 3 is 2.42 bits per heavy atom. The Labute approximate surface area is 153 Å². The van der Waals surface area contributed by atoms with Crippen LogP contribution >= 0.6 is 0 Å². The van der Waals surface area contributed by atoms with E-state index in [1.54, 1.807) is 37.3 Å². The molecule has 140 valence electrons. The fourth-order valence-corrected chi connectivity index (χ4v) is 5.25. The zero-order chi connectivity index (χ0) is 19.1. The van der Waals surface area contributed by atoms with Crippen LogP contribution in [-0.2, 0) is 26.5 Å². The lowest BCUT2D eigenvalue weighted by Gasteiger charge is -2.18. The van der Waals surface area contributed by atoms with Crippen molar-refractivity contribution < 1.29 is 21.6 Å². The van der Waals surface area contributed by atoms with Crippen LogP contribution in [0, 0.1) is 6.92 Å². The van der Waals surface area contributed by atoms with Crippen LogP contribution in [0.3, 0.4) is 0 Å². The number of aryl methyl sites for hydroxylation is 1. The van der Waals surface area contributed by atoms with Gasteiger partial charge >= 0.3 is 0 Å². The quantitative estimate of drug-likeness (QED) is 0.836. The highest BCUT2D eigenvalue weighted by Gasteiger charge is 2.27. The summed E-state index contributed by atoms with van der Waals surface area (Å²) < 4.78 is 58.1. The molecule has 9 heteroatoms. The summed E-state index contributed by atoms with van der Waals surface area (Å²) in [4.78, 5) is 0.138. The first-order valence-corrected chi connectivity index (χ1v) is 11.2. The van der Waals surface area contributed by atoms with E-state index in [0.29, 0.717) is 35.7 Å². The molecule has 0 unspecified atom stereocenters. The number of benzene rings is 2. The molecule has 0 amide bonds. The Kier molecular flexibility index (Phi) is 4.61. The number of anilines is 2. The van der Waals surface area contributed by atoms with Crippen LogP contribution < -0.4 is 13.8 Å². The van der Waals surface area contributed by atoms with Crippen molar-refractivity contribution in [3.63, 3.8) is 0 Å². The number of hydrogen-bond donors (Lipinski definition) is 1. The Balaban J connectivity index is 1.95. The maximum absolute atomic E-state index is 12.7. The minimum absolute atomic E-state index is 0.138. The highest BCUT2D eigenvalue weighted by atomic mass is 32.2. The van der Waals surface area contributed by atoms with E-state index in [9.17, 15) is 16.8 Å². The van der Waals surface area contributed by atoms with Gasteiger partial charge < -0.3 is 4.74 Å². The third kappa shape index (κ3) is 3.49. The molecular formula is C17H20N2O5S2. The number of ether oxygens (including phenoxy) is 1. The smallest absolute Gasteiger partial charge is 0.262 e. The Hall–Kier alpha value is -2.26. The van der Waals surface area contributed by atoms with Crippen molar-refractivity contribution in [1.29, 1.82) is 0 Å². The first kappa shape index (κ1) is 18.5. The molecule has 1 aliphatic rings. The Morgan fingerprint density at radius 1 is 1.08 bits per heavy atom. The van der Waals surface area contributed by atoms with Crippen LogP contribution in [0.2, 0.25) is 0 Å². The molecule has 0 radical (unpaired) electrons. The zero-order valence-electron chi connectivity index (χ0n) is 14.7. The number of methoxy groups -OCH3 is 1. The molecule has 1 aliphatic heterocycles. The predicted molar refractivity (Wildman–Crippen MR) is 101 cm³/mol. The maximum Gasteiger partial charge on any atom is 0.262 e. The van der Waals surface area contributed by atoms with Gasteiger partial charge in [-0.25, -0.2) is 16.8 Å². The van der Waals surface area contributed by atoms with Crippen molar-refractivity contribution in [2.45, 2.75) is 18.2 Å². The molecule has 26 heavy (non-hydrogen) atoms. The van der Waals surface area contributed by atoms with Crippen LogP contribution in [0.1, 0.15) is 11.1 Å². The van der Waals surface area contributed by atoms with Crippen LogP contribution in [0.15, 0.2) is 41.3 Å². The lowest BCUT2D eigenvalue weighted by atomic mass is 10.1. The molecule has 0 saturated carbocycles. The van der Waals surface area contributed by atoms with Crippen molar-refractivity contribution in [3.05, 3.63) is 47.5 Å². The van der Waals surface area contributed by atoms with Gasteiger partial charge in [0.25, 0.3) is 10.0 Å². The number of rotatable bonds is 5. The van der Waals surface area contributed by atoms with Crippen molar-refractivity contribution >= 4 is 31.4 Å². The molecule has 3 rings (SSSR count). The second-order valence-electron chi connectivity index (χ2n) is 6.17. The fourth-order valence-electron chi connectivity index (χ4n) is 3.02. The summed E-state index contributed by atoms with van der Waals surface area (Å²) in [5.74, 6) is 0.572. The molecule has 0 aromatic heterocycles. The first-order valence-electron chi connectivity index (χ1n) is 7.90. The van der Waals surface area contributed by atoms with Crippen molar-refractivity contribution in [2.75, 3.05) is 28.9 Å². The maximum atomic E-state index is 12.7. The fraction of sp³-hybridized carbons (Fsp3) is 0.294. The summed E-state index contributed by atoms with van der Waals surface area (Å²) in [6, 6.07) is 9.64. The summed E-state index contributed by atoms with van der Waals surface area (Å²) in [5, 5.41) is 0. The summed E-state index contributed by atoms with van der Waals surface area (Å²) in [5.41, 5.74) is 2.25. The van der Waals surface area contributed by atoms with Crippen LogP contribution in [0.25, 0.3) is 0 Å². The predicted octanol–water partition coefficient (Wildman–Crippen LogP) is 2.13. The molecule has 1 N–H and O–H groups in total. The van der Waals surface area contributed by atoms with Gasteiger partial charge in [0, 0.05) is 6.54 Å². The molecule has 2 aromatic rings. The van der Waals surface area contributed by atoms with Crippen molar-refractivity contribution in [3.8, 4) is 5.75 Å². The largest absolute Gasteiger partial charge is 0.497 e. The second kappa shape index (κ2) is 6.48. The number of nitrogens with zero attached hydrogens (tertiary/aromatic N) is 1. The van der Waals surface area contributed by atoms with E-state index in [1.807, 2.05) is 0 Å². The zero-order valence-corrected chi connectivity index (χ0v) is 16.3. The van der Waals surface area contributed by atoms with Crippen molar-refractivity contribution in [1.82, 2.24) is 0 Å². The van der Waals surface area contributed by atoms with Crippen molar-refractivity contribution in [2.24, 2.45) is 0 Å². The molecule has 2 aromatic carbocycles. The molecule has 0 atom stereocenters. The van der Waals surface area contributed by atoms with E-state index in [-0.39, 0.29) is 4.90 Å². The summed E-state index contributed by atoms with van der Waals surface area (Å²) >= 11 is 0. The van der Waals surface area contributed by atoms with Gasteiger partial charge in [0.2, 0.25) is 10.0 Å². The minimum Gasteiger partial charge on any atom is -0.497 e. The molecular weight excluding hydrogens is 376 g/mol. The average molecular weight is 396 g/mol. The van der Waals surface area contributed by atoms with Gasteiger partial charge in [-0.1, -0.05) is 6.07 Å². The van der Waals surface area contributed by atoms with Gasteiger partial charge in [-0.2, -0.15) is 0 Å². The number of sulfonamides is 2. The summed E-state index contributed by atoms with van der Waals surface area (Å²) in [6.07, 6.45) is 1.74. The normalized spacial score (nSPS) is 14.2. The Bertz CT molecular complexity index is 1060. The Morgan fingerprint density at radius 2 is 1.81 bits per heavy atom. The molecule has 0 bridgehead atoms. The molecule has 0 fully saturated rings. The lowest BCUT2D eigenvalue weighted by Crippen LogP contribution is -2.27. The second-order valence-corrected chi connectivity index (χ2v) is 9.72. The van der Waals surface area contributed by atoms with Crippen LogP contribution in [0.4, 0.5) is 11.4 Å². The van der Waals surface area contributed by atoms with Gasteiger partial charge in [0.1, 0.15) is 5.75 Å². The standard InChI is InChI=1S/C17H20N2O5S2/c1-12-10-15(24-2)6-7-17(12)26(22,23)18-14-5-4-13-8-9-19(16(13)11-14)25(3,20)21/h4-7,10-11,18H,8-9H2,1-3H3. The topological polar surface area (TPSA) is 92.8 Å². The van der Waals surface area contributed by atoms with Gasteiger partial charge in [-0.3, -0.25) is 9.03 Å². The number of nitrogens with one attached hydrogen (secondary N) is 1.